The van der Waals surface area contributed by atoms with Gasteiger partial charge in [0.1, 0.15) is 0 Å². The first-order valence-electron chi connectivity index (χ1n) is 10.8. The highest BCUT2D eigenvalue weighted by Crippen LogP contribution is 2.30. The van der Waals surface area contributed by atoms with Crippen molar-refractivity contribution in [2.24, 2.45) is 5.73 Å². The Kier molecular flexibility index (Phi) is 8.14. The molecule has 0 saturated heterocycles. The first-order valence-corrected chi connectivity index (χ1v) is 10.8. The molecule has 0 aliphatic carbocycles. The molecule has 190 valence electrons. The zero-order valence-corrected chi connectivity index (χ0v) is 19.2. The minimum atomic E-state index is -5.08. The van der Waals surface area contributed by atoms with E-state index in [0.29, 0.717) is 36.0 Å². The highest BCUT2D eigenvalue weighted by Gasteiger charge is 2.38. The normalized spacial score (nSPS) is 12.9. The molecule has 0 spiro atoms. The fourth-order valence-corrected chi connectivity index (χ4v) is 3.74. The molecule has 10 nitrogen and oxygen atoms in total. The standard InChI is InChI=1S/C21H22N6O2.C2HF3O2/c1-13-16(21(29)26-20(25-13)19-23-8-4-9-24-19)11-18(28)27-10-3-6-15-14(12-22)5-2-7-17(15)27;3-2(4,5)1(6)7/h2,4-5,7-9H,3,6,10-12,22H2,1H3,(H,25,26,29);(H,6,7). The first-order chi connectivity index (χ1) is 17.0. The number of fused-ring (bicyclic) bond motifs is 1. The van der Waals surface area contributed by atoms with Crippen LogP contribution in [0.5, 0.6) is 0 Å². The van der Waals surface area contributed by atoms with Crippen molar-refractivity contribution in [3.8, 4) is 11.6 Å². The minimum Gasteiger partial charge on any atom is -0.475 e. The minimum absolute atomic E-state index is 0.0175. The van der Waals surface area contributed by atoms with Crippen molar-refractivity contribution >= 4 is 17.6 Å². The van der Waals surface area contributed by atoms with Crippen LogP contribution in [0.2, 0.25) is 0 Å². The molecule has 1 aliphatic rings. The Bertz CT molecular complexity index is 1310. The SMILES string of the molecule is Cc1nc(-c2ncccn2)[nH]c(=O)c1CC(=O)N1CCCc2c(CN)cccc21.O=C(O)C(F)(F)F. The number of hydrogen-bond donors (Lipinski definition) is 3. The van der Waals surface area contributed by atoms with Crippen molar-refractivity contribution < 1.29 is 27.9 Å². The lowest BCUT2D eigenvalue weighted by Gasteiger charge is -2.31. The maximum Gasteiger partial charge on any atom is 0.490 e. The molecule has 36 heavy (non-hydrogen) atoms. The van der Waals surface area contributed by atoms with Crippen molar-refractivity contribution in [3.63, 3.8) is 0 Å². The van der Waals surface area contributed by atoms with Crippen LogP contribution >= 0.6 is 0 Å². The molecule has 4 rings (SSSR count). The summed E-state index contributed by atoms with van der Waals surface area (Å²) in [5.41, 5.74) is 9.43. The first kappa shape index (κ1) is 26.5. The molecular formula is C23H23F3N6O4. The Labute approximate surface area is 203 Å². The van der Waals surface area contributed by atoms with Crippen LogP contribution in [0.4, 0.5) is 18.9 Å². The van der Waals surface area contributed by atoms with E-state index in [0.717, 1.165) is 29.7 Å². The monoisotopic (exact) mass is 504 g/mol. The molecule has 0 atom stereocenters. The molecule has 13 heteroatoms. The lowest BCUT2D eigenvalue weighted by molar-refractivity contribution is -0.192. The average molecular weight is 504 g/mol. The fraction of sp³-hybridized carbons (Fsp3) is 0.304. The average Bonchev–Trinajstić information content (AvgIpc) is 2.85. The summed E-state index contributed by atoms with van der Waals surface area (Å²) in [7, 11) is 0. The maximum absolute atomic E-state index is 13.1. The summed E-state index contributed by atoms with van der Waals surface area (Å²) in [6, 6.07) is 7.54. The van der Waals surface area contributed by atoms with E-state index in [1.54, 1.807) is 30.3 Å². The molecule has 3 aromatic rings. The number of hydrogen-bond acceptors (Lipinski definition) is 7. The Morgan fingerprint density at radius 3 is 2.44 bits per heavy atom. The molecule has 0 unspecified atom stereocenters. The van der Waals surface area contributed by atoms with Crippen LogP contribution in [0.3, 0.4) is 0 Å². The van der Waals surface area contributed by atoms with Gasteiger partial charge in [-0.15, -0.1) is 0 Å². The summed E-state index contributed by atoms with van der Waals surface area (Å²) in [5.74, 6) is -2.25. The number of amides is 1. The van der Waals surface area contributed by atoms with Crippen molar-refractivity contribution in [1.82, 2.24) is 19.9 Å². The van der Waals surface area contributed by atoms with Gasteiger partial charge in [0.15, 0.2) is 11.6 Å². The van der Waals surface area contributed by atoms with Crippen molar-refractivity contribution in [2.75, 3.05) is 11.4 Å². The number of aromatic nitrogens is 4. The number of halogens is 3. The van der Waals surface area contributed by atoms with E-state index in [-0.39, 0.29) is 17.9 Å². The largest absolute Gasteiger partial charge is 0.490 e. The molecule has 0 fully saturated rings. The molecule has 1 amide bonds. The second-order valence-electron chi connectivity index (χ2n) is 7.80. The smallest absolute Gasteiger partial charge is 0.475 e. The third-order valence-corrected chi connectivity index (χ3v) is 5.44. The van der Waals surface area contributed by atoms with E-state index >= 15 is 0 Å². The number of carboxylic acid groups (broad SMARTS) is 1. The number of aryl methyl sites for hydroxylation is 1. The fourth-order valence-electron chi connectivity index (χ4n) is 3.74. The van der Waals surface area contributed by atoms with Crippen LogP contribution in [0.1, 0.15) is 28.8 Å². The number of carboxylic acids is 1. The Morgan fingerprint density at radius 1 is 1.19 bits per heavy atom. The number of nitrogens with one attached hydrogen (secondary N) is 1. The summed E-state index contributed by atoms with van der Waals surface area (Å²) in [5, 5.41) is 7.12. The number of nitrogens with two attached hydrogens (primary N) is 1. The number of carbonyl (C=O) groups excluding carboxylic acids is 1. The van der Waals surface area contributed by atoms with E-state index in [9.17, 15) is 22.8 Å². The van der Waals surface area contributed by atoms with Gasteiger partial charge >= 0.3 is 12.1 Å². The van der Waals surface area contributed by atoms with Gasteiger partial charge in [0.05, 0.1) is 6.42 Å². The summed E-state index contributed by atoms with van der Waals surface area (Å²) >= 11 is 0. The molecule has 0 saturated carbocycles. The second-order valence-corrected chi connectivity index (χ2v) is 7.80. The lowest BCUT2D eigenvalue weighted by Crippen LogP contribution is -2.38. The van der Waals surface area contributed by atoms with Crippen LogP contribution in [-0.2, 0) is 29.0 Å². The van der Waals surface area contributed by atoms with Gasteiger partial charge in [-0.3, -0.25) is 9.59 Å². The van der Waals surface area contributed by atoms with Gasteiger partial charge in [-0.25, -0.2) is 19.7 Å². The predicted molar refractivity (Wildman–Crippen MR) is 123 cm³/mol. The van der Waals surface area contributed by atoms with E-state index in [1.165, 1.54) is 0 Å². The van der Waals surface area contributed by atoms with Crippen LogP contribution < -0.4 is 16.2 Å². The highest BCUT2D eigenvalue weighted by atomic mass is 19.4. The van der Waals surface area contributed by atoms with Crippen LogP contribution in [0.15, 0.2) is 41.5 Å². The molecular weight excluding hydrogens is 481 g/mol. The third-order valence-electron chi connectivity index (χ3n) is 5.44. The predicted octanol–water partition coefficient (Wildman–Crippen LogP) is 2.15. The Hall–Kier alpha value is -4.13. The van der Waals surface area contributed by atoms with Crippen molar-refractivity contribution in [3.05, 3.63) is 69.4 Å². The van der Waals surface area contributed by atoms with Crippen LogP contribution in [0.25, 0.3) is 11.6 Å². The maximum atomic E-state index is 13.1. The zero-order chi connectivity index (χ0) is 26.5. The number of H-pyrrole nitrogens is 1. The summed E-state index contributed by atoms with van der Waals surface area (Å²) in [4.78, 5) is 51.7. The van der Waals surface area contributed by atoms with E-state index in [1.807, 2.05) is 18.2 Å². The number of alkyl halides is 3. The van der Waals surface area contributed by atoms with Gasteiger partial charge in [-0.1, -0.05) is 12.1 Å². The van der Waals surface area contributed by atoms with Gasteiger partial charge in [0, 0.05) is 42.4 Å². The molecule has 2 aromatic heterocycles. The van der Waals surface area contributed by atoms with Gasteiger partial charge in [0.2, 0.25) is 5.91 Å². The number of benzene rings is 1. The quantitative estimate of drug-likeness (QED) is 0.488. The van der Waals surface area contributed by atoms with Crippen molar-refractivity contribution in [1.29, 1.82) is 0 Å². The molecule has 1 aliphatic heterocycles. The van der Waals surface area contributed by atoms with E-state index in [4.69, 9.17) is 15.6 Å². The zero-order valence-electron chi connectivity index (χ0n) is 19.2. The van der Waals surface area contributed by atoms with E-state index in [2.05, 4.69) is 19.9 Å². The van der Waals surface area contributed by atoms with Crippen LogP contribution in [0, 0.1) is 6.92 Å². The summed E-state index contributed by atoms with van der Waals surface area (Å²) in [6.07, 6.45) is -0.166. The number of aromatic amines is 1. The molecule has 0 radical (unpaired) electrons. The third kappa shape index (κ3) is 6.10. The number of anilines is 1. The Balaban J connectivity index is 0.000000454. The van der Waals surface area contributed by atoms with E-state index < -0.39 is 12.1 Å². The summed E-state index contributed by atoms with van der Waals surface area (Å²) < 4.78 is 31.7. The van der Waals surface area contributed by atoms with Gasteiger partial charge in [-0.05, 0) is 43.0 Å². The topological polar surface area (TPSA) is 155 Å². The van der Waals surface area contributed by atoms with Crippen molar-refractivity contribution in [2.45, 2.75) is 38.9 Å². The second kappa shape index (κ2) is 11.1. The highest BCUT2D eigenvalue weighted by molar-refractivity contribution is 5.96. The lowest BCUT2D eigenvalue weighted by atomic mass is 9.95. The van der Waals surface area contributed by atoms with Gasteiger partial charge < -0.3 is 20.7 Å². The number of rotatable bonds is 4. The molecule has 3 heterocycles. The van der Waals surface area contributed by atoms with Crippen LogP contribution in [-0.4, -0.2) is 49.6 Å². The van der Waals surface area contributed by atoms with Gasteiger partial charge in [-0.2, -0.15) is 13.2 Å². The summed E-state index contributed by atoms with van der Waals surface area (Å²) in [6.45, 7) is 2.79. The van der Waals surface area contributed by atoms with Gasteiger partial charge in [0.25, 0.3) is 5.56 Å². The number of aliphatic carboxylic acids is 1. The molecule has 4 N–H and O–H groups in total. The molecule has 0 bridgehead atoms. The number of nitrogens with zero attached hydrogens (tertiary/aromatic N) is 4. The number of carbonyl (C=O) groups is 2. The Morgan fingerprint density at radius 2 is 1.86 bits per heavy atom. The molecule has 1 aromatic carbocycles.